The molecule has 0 heterocycles. The van der Waals surface area contributed by atoms with Gasteiger partial charge in [0.2, 0.25) is 0 Å². The van der Waals surface area contributed by atoms with Crippen LogP contribution in [-0.2, 0) is 9.47 Å². The molecule has 3 aromatic carbocycles. The van der Waals surface area contributed by atoms with E-state index in [1.54, 1.807) is 30.8 Å². The Kier molecular flexibility index (Phi) is 15.1. The lowest BCUT2D eigenvalue weighted by molar-refractivity contribution is 0.00446. The van der Waals surface area contributed by atoms with Crippen molar-refractivity contribution in [1.82, 2.24) is 0 Å². The van der Waals surface area contributed by atoms with Gasteiger partial charge < -0.3 is 18.9 Å². The third-order valence-corrected chi connectivity index (χ3v) is 7.36. The van der Waals surface area contributed by atoms with Gasteiger partial charge in [-0.1, -0.05) is 69.7 Å². The molecule has 0 aliphatic carbocycles. The van der Waals surface area contributed by atoms with Crippen LogP contribution < -0.4 is 9.47 Å². The summed E-state index contributed by atoms with van der Waals surface area (Å²) >= 11 is 1.65. The first-order valence-electron chi connectivity index (χ1n) is 15.0. The minimum absolute atomic E-state index is 0.0105. The molecule has 8 heteroatoms. The molecule has 1 atom stereocenters. The van der Waals surface area contributed by atoms with E-state index in [1.807, 2.05) is 42.7 Å². The summed E-state index contributed by atoms with van der Waals surface area (Å²) in [6.07, 6.45) is 10.2. The number of carbonyl (C=O) groups is 2. The Morgan fingerprint density at radius 2 is 1.42 bits per heavy atom. The van der Waals surface area contributed by atoms with Crippen molar-refractivity contribution in [3.05, 3.63) is 83.7 Å². The normalized spacial score (nSPS) is 11.6. The Morgan fingerprint density at radius 3 is 2.07 bits per heavy atom. The van der Waals surface area contributed by atoms with Crippen LogP contribution in [0.15, 0.2) is 66.7 Å². The van der Waals surface area contributed by atoms with E-state index in [9.17, 15) is 14.0 Å². The quantitative estimate of drug-likeness (QED) is 0.0763. The molecule has 0 aliphatic rings. The third kappa shape index (κ3) is 12.0. The van der Waals surface area contributed by atoms with Crippen molar-refractivity contribution < 1.29 is 32.9 Å². The van der Waals surface area contributed by atoms with Crippen LogP contribution in [0.4, 0.5) is 4.39 Å². The van der Waals surface area contributed by atoms with Crippen molar-refractivity contribution in [2.24, 2.45) is 0 Å². The SMILES string of the molecule is CCCCCCCCCOc1ccc(-c2ccc(C(=O)Oc3ccc(C(=O)O[C@H](C)COCCSC)c(F)c3)cc2)cc1. The highest BCUT2D eigenvalue weighted by Crippen LogP contribution is 2.24. The Balaban J connectivity index is 1.46. The average Bonchev–Trinajstić information content (AvgIpc) is 3.01. The standard InChI is InChI=1S/C35H43FO6S/c1-4-5-6-7-8-9-10-21-40-30-17-15-28(16-18-30)27-11-13-29(14-12-27)34(37)42-31-19-20-32(33(36)24-31)35(38)41-26(2)25-39-22-23-43-3/h11-20,24,26H,4-10,21-23,25H2,1-3H3/t26-/m1/s1. The van der Waals surface area contributed by atoms with Crippen LogP contribution >= 0.6 is 11.8 Å². The predicted octanol–water partition coefficient (Wildman–Crippen LogP) is 8.77. The zero-order valence-corrected chi connectivity index (χ0v) is 26.3. The van der Waals surface area contributed by atoms with Gasteiger partial charge in [0.1, 0.15) is 23.4 Å². The van der Waals surface area contributed by atoms with Crippen LogP contribution in [0.2, 0.25) is 0 Å². The van der Waals surface area contributed by atoms with Gasteiger partial charge in [-0.2, -0.15) is 11.8 Å². The van der Waals surface area contributed by atoms with Crippen LogP contribution in [0.3, 0.4) is 0 Å². The molecule has 0 amide bonds. The zero-order valence-electron chi connectivity index (χ0n) is 25.4. The van der Waals surface area contributed by atoms with Crippen LogP contribution in [-0.4, -0.2) is 49.9 Å². The van der Waals surface area contributed by atoms with Gasteiger partial charge in [0, 0.05) is 11.8 Å². The number of thioether (sulfide) groups is 1. The minimum Gasteiger partial charge on any atom is -0.494 e. The molecule has 0 unspecified atom stereocenters. The summed E-state index contributed by atoms with van der Waals surface area (Å²) in [5.41, 5.74) is 2.01. The van der Waals surface area contributed by atoms with E-state index in [0.29, 0.717) is 18.8 Å². The summed E-state index contributed by atoms with van der Waals surface area (Å²) in [7, 11) is 0. The zero-order chi connectivity index (χ0) is 30.9. The van der Waals surface area contributed by atoms with E-state index in [4.69, 9.17) is 18.9 Å². The van der Waals surface area contributed by atoms with E-state index in [1.165, 1.54) is 50.7 Å². The summed E-state index contributed by atoms with van der Waals surface area (Å²) in [6.45, 7) is 5.39. The first kappa shape index (κ1) is 34.1. The van der Waals surface area contributed by atoms with Crippen LogP contribution in [0.5, 0.6) is 11.5 Å². The van der Waals surface area contributed by atoms with Gasteiger partial charge >= 0.3 is 11.9 Å². The average molecular weight is 611 g/mol. The lowest BCUT2D eigenvalue weighted by Crippen LogP contribution is -2.21. The number of unbranched alkanes of at least 4 members (excludes halogenated alkanes) is 6. The van der Waals surface area contributed by atoms with Crippen molar-refractivity contribution in [2.45, 2.75) is 64.9 Å². The largest absolute Gasteiger partial charge is 0.494 e. The summed E-state index contributed by atoms with van der Waals surface area (Å²) in [5, 5.41) is 0. The van der Waals surface area contributed by atoms with Crippen molar-refractivity contribution in [3.8, 4) is 22.6 Å². The maximum absolute atomic E-state index is 14.6. The summed E-state index contributed by atoms with van der Waals surface area (Å²) < 4.78 is 36.5. The second-order valence-electron chi connectivity index (χ2n) is 10.4. The summed E-state index contributed by atoms with van der Waals surface area (Å²) in [4.78, 5) is 25.0. The maximum atomic E-state index is 14.6. The molecule has 232 valence electrons. The molecule has 3 aromatic rings. The molecule has 6 nitrogen and oxygen atoms in total. The number of esters is 2. The molecule has 0 spiro atoms. The number of ether oxygens (including phenoxy) is 4. The van der Waals surface area contributed by atoms with Gasteiger partial charge in [-0.3, -0.25) is 0 Å². The number of rotatable bonds is 19. The van der Waals surface area contributed by atoms with Crippen molar-refractivity contribution in [2.75, 3.05) is 31.8 Å². The molecule has 0 fully saturated rings. The van der Waals surface area contributed by atoms with E-state index >= 15 is 0 Å². The summed E-state index contributed by atoms with van der Waals surface area (Å²) in [5.74, 6) is -0.611. The third-order valence-electron chi connectivity index (χ3n) is 6.79. The number of halogens is 1. The fourth-order valence-corrected chi connectivity index (χ4v) is 4.64. The molecule has 0 saturated carbocycles. The van der Waals surface area contributed by atoms with Gasteiger partial charge in [-0.15, -0.1) is 0 Å². The second-order valence-corrected chi connectivity index (χ2v) is 11.4. The van der Waals surface area contributed by atoms with Crippen LogP contribution in [0, 0.1) is 5.82 Å². The Hall–Kier alpha value is -3.36. The van der Waals surface area contributed by atoms with Gasteiger partial charge in [0.25, 0.3) is 0 Å². The molecule has 0 radical (unpaired) electrons. The maximum Gasteiger partial charge on any atom is 0.343 e. The van der Waals surface area contributed by atoms with Crippen LogP contribution in [0.25, 0.3) is 11.1 Å². The fraction of sp³-hybridized carbons (Fsp3) is 0.429. The molecule has 43 heavy (non-hydrogen) atoms. The van der Waals surface area contributed by atoms with E-state index < -0.39 is 23.9 Å². The molecule has 0 N–H and O–H groups in total. The van der Waals surface area contributed by atoms with Crippen LogP contribution in [0.1, 0.15) is 79.5 Å². The second kappa shape index (κ2) is 19.0. The van der Waals surface area contributed by atoms with E-state index in [2.05, 4.69) is 6.92 Å². The van der Waals surface area contributed by atoms with Crippen molar-refractivity contribution in [3.63, 3.8) is 0 Å². The molecule has 0 aliphatic heterocycles. The monoisotopic (exact) mass is 610 g/mol. The van der Waals surface area contributed by atoms with E-state index in [-0.39, 0.29) is 17.9 Å². The Labute approximate surface area is 259 Å². The van der Waals surface area contributed by atoms with E-state index in [0.717, 1.165) is 35.1 Å². The molecular formula is C35H43FO6S. The molecule has 3 rings (SSSR count). The number of hydrogen-bond acceptors (Lipinski definition) is 7. The van der Waals surface area contributed by atoms with Crippen molar-refractivity contribution in [1.29, 1.82) is 0 Å². The molecule has 0 bridgehead atoms. The summed E-state index contributed by atoms with van der Waals surface area (Å²) in [6, 6.07) is 18.5. The van der Waals surface area contributed by atoms with Gasteiger partial charge in [0.05, 0.1) is 30.9 Å². The molecule has 0 aromatic heterocycles. The predicted molar refractivity (Wildman–Crippen MR) is 171 cm³/mol. The Bertz CT molecular complexity index is 1260. The highest BCUT2D eigenvalue weighted by molar-refractivity contribution is 7.98. The number of benzene rings is 3. The molecular weight excluding hydrogens is 567 g/mol. The lowest BCUT2D eigenvalue weighted by Gasteiger charge is -2.14. The topological polar surface area (TPSA) is 71.1 Å². The Morgan fingerprint density at radius 1 is 0.791 bits per heavy atom. The first-order valence-corrected chi connectivity index (χ1v) is 16.4. The number of hydrogen-bond donors (Lipinski definition) is 0. The first-order chi connectivity index (χ1) is 20.9. The highest BCUT2D eigenvalue weighted by Gasteiger charge is 2.18. The number of carbonyl (C=O) groups excluding carboxylic acids is 2. The smallest absolute Gasteiger partial charge is 0.343 e. The fourth-order valence-electron chi connectivity index (χ4n) is 4.35. The van der Waals surface area contributed by atoms with Gasteiger partial charge in [0.15, 0.2) is 0 Å². The highest BCUT2D eigenvalue weighted by atomic mass is 32.2. The minimum atomic E-state index is -0.837. The lowest BCUT2D eigenvalue weighted by atomic mass is 10.0. The van der Waals surface area contributed by atoms with Gasteiger partial charge in [-0.05, 0) is 67.1 Å². The van der Waals surface area contributed by atoms with Gasteiger partial charge in [-0.25, -0.2) is 14.0 Å². The molecule has 0 saturated heterocycles. The van der Waals surface area contributed by atoms with Crippen molar-refractivity contribution >= 4 is 23.7 Å².